The van der Waals surface area contributed by atoms with Crippen LogP contribution in [0.5, 0.6) is 11.5 Å². The highest BCUT2D eigenvalue weighted by Crippen LogP contribution is 2.36. The second kappa shape index (κ2) is 12.4. The highest BCUT2D eigenvalue weighted by atomic mass is 28.3. The molecule has 8 aromatic carbocycles. The topological polar surface area (TPSA) is 12.5 Å². The predicted molar refractivity (Wildman–Crippen MR) is 221 cm³/mol. The molecule has 8 aromatic rings. The van der Waals surface area contributed by atoms with Crippen LogP contribution in [-0.2, 0) is 0 Å². The zero-order valence-electron chi connectivity index (χ0n) is 28.6. The van der Waals surface area contributed by atoms with E-state index in [1.165, 1.54) is 37.1 Å². The molecule has 0 N–H and O–H groups in total. The number of para-hydroxylation sites is 2. The minimum Gasteiger partial charge on any atom is -0.458 e. The fourth-order valence-corrected chi connectivity index (χ4v) is 14.0. The van der Waals surface area contributed by atoms with Gasteiger partial charge in [0.1, 0.15) is 11.5 Å². The molecule has 2 heterocycles. The Morgan fingerprint density at radius 1 is 0.385 bits per heavy atom. The zero-order valence-corrected chi connectivity index (χ0v) is 29.6. The van der Waals surface area contributed by atoms with E-state index in [0.717, 1.165) is 39.7 Å². The summed E-state index contributed by atoms with van der Waals surface area (Å²) in [5.41, 5.74) is 9.56. The average Bonchev–Trinajstić information content (AvgIpc) is 3.22. The third kappa shape index (κ3) is 4.72. The van der Waals surface area contributed by atoms with Crippen molar-refractivity contribution in [2.24, 2.45) is 0 Å². The van der Waals surface area contributed by atoms with E-state index >= 15 is 0 Å². The summed E-state index contributed by atoms with van der Waals surface area (Å²) in [6.07, 6.45) is 0. The average molecular weight is 680 g/mol. The predicted octanol–water partition coefficient (Wildman–Crippen LogP) is 7.14. The summed E-state index contributed by atoms with van der Waals surface area (Å²) in [6, 6.07) is 75.1. The maximum absolute atomic E-state index is 6.96. The minimum absolute atomic E-state index is 0.0842. The van der Waals surface area contributed by atoms with E-state index in [1.54, 1.807) is 0 Å². The van der Waals surface area contributed by atoms with E-state index in [2.05, 4.69) is 211 Å². The molecule has 0 unspecified atom stereocenters. The summed E-state index contributed by atoms with van der Waals surface area (Å²) >= 11 is 0. The van der Waals surface area contributed by atoms with Crippen molar-refractivity contribution >= 4 is 69.0 Å². The largest absolute Gasteiger partial charge is 0.458 e. The fourth-order valence-electron chi connectivity index (χ4n) is 8.70. The molecule has 0 aromatic heterocycles. The van der Waals surface area contributed by atoms with Crippen molar-refractivity contribution in [1.82, 2.24) is 0 Å². The van der Waals surface area contributed by atoms with Gasteiger partial charge in [-0.3, -0.25) is 0 Å². The second-order valence-electron chi connectivity index (χ2n) is 13.6. The Bertz CT molecular complexity index is 2460. The van der Waals surface area contributed by atoms with Crippen LogP contribution in [0, 0.1) is 0 Å². The van der Waals surface area contributed by atoms with E-state index < -0.39 is 8.07 Å². The Labute approximate surface area is 306 Å². The fraction of sp³-hybridized carbons (Fsp3) is 0. The summed E-state index contributed by atoms with van der Waals surface area (Å²) in [5, 5.41) is 5.65. The first kappa shape index (κ1) is 30.5. The van der Waals surface area contributed by atoms with Crippen LogP contribution < -0.4 is 46.8 Å². The maximum Gasteiger partial charge on any atom is 0.250 e. The highest BCUT2D eigenvalue weighted by Gasteiger charge is 2.52. The summed E-state index contributed by atoms with van der Waals surface area (Å²) in [4.78, 5) is 2.29. The molecule has 0 saturated carbocycles. The summed E-state index contributed by atoms with van der Waals surface area (Å²) in [6.45, 7) is 0.0842. The van der Waals surface area contributed by atoms with Gasteiger partial charge in [0.2, 0.25) is 0 Å². The van der Waals surface area contributed by atoms with Crippen LogP contribution in [0.1, 0.15) is 0 Å². The Morgan fingerprint density at radius 3 is 1.54 bits per heavy atom. The molecule has 0 amide bonds. The first-order chi connectivity index (χ1) is 25.8. The number of hydrogen-bond donors (Lipinski definition) is 0. The van der Waals surface area contributed by atoms with Gasteiger partial charge in [-0.25, -0.2) is 0 Å². The number of fused-ring (bicyclic) bond motifs is 4. The molecule has 0 aliphatic carbocycles. The van der Waals surface area contributed by atoms with Gasteiger partial charge in [-0.1, -0.05) is 163 Å². The Hall–Kier alpha value is -6.36. The monoisotopic (exact) mass is 679 g/mol. The molecule has 0 spiro atoms. The molecule has 244 valence electrons. The lowest BCUT2D eigenvalue weighted by Crippen LogP contribution is -2.87. The summed E-state index contributed by atoms with van der Waals surface area (Å²) < 4.78 is 6.96. The van der Waals surface area contributed by atoms with Gasteiger partial charge in [-0.2, -0.15) is 0 Å². The van der Waals surface area contributed by atoms with Crippen molar-refractivity contribution in [3.05, 3.63) is 206 Å². The van der Waals surface area contributed by atoms with E-state index in [-0.39, 0.29) is 6.71 Å². The number of benzene rings is 8. The normalized spacial score (nSPS) is 13.3. The van der Waals surface area contributed by atoms with E-state index in [0.29, 0.717) is 0 Å². The molecule has 2 aliphatic rings. The Kier molecular flexibility index (Phi) is 7.29. The van der Waals surface area contributed by atoms with Gasteiger partial charge < -0.3 is 9.64 Å². The molecular weight excluding hydrogens is 645 g/mol. The van der Waals surface area contributed by atoms with Gasteiger partial charge in [-0.15, -0.1) is 0 Å². The molecular formula is C48H34BNOSi. The third-order valence-corrected chi connectivity index (χ3v) is 15.8. The molecule has 0 bridgehead atoms. The molecule has 0 saturated heterocycles. The maximum atomic E-state index is 6.96. The smallest absolute Gasteiger partial charge is 0.250 e. The number of hydrogen-bond acceptors (Lipinski definition) is 2. The Morgan fingerprint density at radius 2 is 0.904 bits per heavy atom. The molecule has 2 aliphatic heterocycles. The molecule has 0 atom stereocenters. The minimum atomic E-state index is -2.66. The van der Waals surface area contributed by atoms with Gasteiger partial charge in [0, 0.05) is 17.1 Å². The number of rotatable bonds is 6. The molecule has 10 rings (SSSR count). The van der Waals surface area contributed by atoms with Crippen LogP contribution in [0.4, 0.5) is 17.1 Å². The van der Waals surface area contributed by atoms with E-state index in [4.69, 9.17) is 4.74 Å². The molecule has 52 heavy (non-hydrogen) atoms. The standard InChI is InChI=1S/C48H34BNOSi/c1-5-16-37(17-6-1)50(38-18-7-2-8-19-38)39-31-28-35(29-32-39)36-30-33-42-45(34-36)51-44-25-15-27-47-48(44)49(42)43-24-13-14-26-46(43)52(47,40-20-9-3-10-21-40)41-22-11-4-12-23-41/h1-34H. The van der Waals surface area contributed by atoms with Crippen molar-refractivity contribution in [3.8, 4) is 22.6 Å². The second-order valence-corrected chi connectivity index (χ2v) is 17.4. The first-order valence-electron chi connectivity index (χ1n) is 18.0. The number of ether oxygens (including phenoxy) is 1. The van der Waals surface area contributed by atoms with Crippen molar-refractivity contribution in [3.63, 3.8) is 0 Å². The lowest BCUT2D eigenvalue weighted by atomic mass is 9.35. The number of nitrogens with zero attached hydrogens (tertiary/aromatic N) is 1. The van der Waals surface area contributed by atoms with Gasteiger partial charge in [0.05, 0.1) is 0 Å². The lowest BCUT2D eigenvalue weighted by Gasteiger charge is -2.44. The van der Waals surface area contributed by atoms with Gasteiger partial charge in [0.25, 0.3) is 6.71 Å². The number of anilines is 3. The SMILES string of the molecule is c1ccc(N(c2ccccc2)c2ccc(-c3ccc4c(c3)Oc3cccc5c3B4c3ccccc3[Si]5(c3ccccc3)c3ccccc3)cc2)cc1. The van der Waals surface area contributed by atoms with Crippen LogP contribution in [0.3, 0.4) is 0 Å². The van der Waals surface area contributed by atoms with Crippen molar-refractivity contribution in [2.45, 2.75) is 0 Å². The summed E-state index contributed by atoms with van der Waals surface area (Å²) in [5.74, 6) is 1.89. The third-order valence-electron chi connectivity index (χ3n) is 10.9. The van der Waals surface area contributed by atoms with E-state index in [9.17, 15) is 0 Å². The van der Waals surface area contributed by atoms with Crippen LogP contribution in [-0.4, -0.2) is 14.8 Å². The highest BCUT2D eigenvalue weighted by molar-refractivity contribution is 7.26. The molecule has 0 fully saturated rings. The van der Waals surface area contributed by atoms with Crippen LogP contribution in [0.15, 0.2) is 206 Å². The zero-order chi connectivity index (χ0) is 34.5. The quantitative estimate of drug-likeness (QED) is 0.174. The van der Waals surface area contributed by atoms with Crippen molar-refractivity contribution < 1.29 is 4.74 Å². The molecule has 0 radical (unpaired) electrons. The lowest BCUT2D eigenvalue weighted by molar-refractivity contribution is 0.488. The van der Waals surface area contributed by atoms with Gasteiger partial charge in [0.15, 0.2) is 8.07 Å². The van der Waals surface area contributed by atoms with Gasteiger partial charge in [-0.05, 0) is 91.3 Å². The van der Waals surface area contributed by atoms with Crippen molar-refractivity contribution in [2.75, 3.05) is 4.90 Å². The van der Waals surface area contributed by atoms with Crippen LogP contribution >= 0.6 is 0 Å². The Balaban J connectivity index is 1.09. The van der Waals surface area contributed by atoms with Crippen LogP contribution in [0.2, 0.25) is 0 Å². The van der Waals surface area contributed by atoms with Gasteiger partial charge >= 0.3 is 0 Å². The molecule has 4 heteroatoms. The van der Waals surface area contributed by atoms with Crippen molar-refractivity contribution in [1.29, 1.82) is 0 Å². The first-order valence-corrected chi connectivity index (χ1v) is 20.0. The summed E-state index contributed by atoms with van der Waals surface area (Å²) in [7, 11) is -2.66. The van der Waals surface area contributed by atoms with E-state index in [1.807, 2.05) is 0 Å². The molecule has 2 nitrogen and oxygen atoms in total. The van der Waals surface area contributed by atoms with Crippen LogP contribution in [0.25, 0.3) is 11.1 Å².